The van der Waals surface area contributed by atoms with Crippen molar-refractivity contribution in [1.29, 1.82) is 0 Å². The molecule has 1 aromatic heterocycles. The molecule has 3 aromatic rings. The zero-order valence-electron chi connectivity index (χ0n) is 11.3. The minimum absolute atomic E-state index is 0.235. The Bertz CT molecular complexity index is 717. The Morgan fingerprint density at radius 1 is 0.950 bits per heavy atom. The second-order valence-corrected chi connectivity index (χ2v) is 4.50. The smallest absolute Gasteiger partial charge is 0.354 e. The van der Waals surface area contributed by atoms with Crippen LogP contribution in [0, 0.1) is 6.92 Å². The highest BCUT2D eigenvalue weighted by atomic mass is 16.5. The van der Waals surface area contributed by atoms with Gasteiger partial charge in [-0.25, -0.2) is 0 Å². The number of rotatable bonds is 3. The van der Waals surface area contributed by atoms with Gasteiger partial charge in [-0.1, -0.05) is 48.0 Å². The molecule has 0 aliphatic carbocycles. The third-order valence-corrected chi connectivity index (χ3v) is 3.11. The first-order chi connectivity index (χ1) is 9.78. The summed E-state index contributed by atoms with van der Waals surface area (Å²) >= 11 is 0. The van der Waals surface area contributed by atoms with Crippen LogP contribution in [0.15, 0.2) is 53.1 Å². The number of nitrogens with zero attached hydrogens (tertiary/aromatic N) is 2. The maximum absolute atomic E-state index is 5.24. The van der Waals surface area contributed by atoms with Crippen LogP contribution in [-0.2, 0) is 0 Å². The monoisotopic (exact) mass is 266 g/mol. The second kappa shape index (κ2) is 5.17. The highest BCUT2D eigenvalue weighted by molar-refractivity contribution is 5.79. The van der Waals surface area contributed by atoms with Crippen molar-refractivity contribution < 1.29 is 9.26 Å². The molecule has 100 valence electrons. The topological polar surface area (TPSA) is 48.2 Å². The van der Waals surface area contributed by atoms with E-state index in [2.05, 4.69) is 41.3 Å². The molecular formula is C16H14N2O2. The van der Waals surface area contributed by atoms with Gasteiger partial charge in [0, 0.05) is 5.56 Å². The maximum Gasteiger partial charge on any atom is 0.354 e. The average molecular weight is 266 g/mol. The van der Waals surface area contributed by atoms with E-state index < -0.39 is 0 Å². The quantitative estimate of drug-likeness (QED) is 0.725. The van der Waals surface area contributed by atoms with E-state index in [1.807, 2.05) is 24.3 Å². The van der Waals surface area contributed by atoms with Gasteiger partial charge >= 0.3 is 6.01 Å². The van der Waals surface area contributed by atoms with Crippen LogP contribution in [0.5, 0.6) is 6.01 Å². The molecule has 0 spiro atoms. The van der Waals surface area contributed by atoms with Crippen LogP contribution in [0.4, 0.5) is 0 Å². The van der Waals surface area contributed by atoms with Gasteiger partial charge in [-0.2, -0.15) is 4.98 Å². The summed E-state index contributed by atoms with van der Waals surface area (Å²) < 4.78 is 10.2. The van der Waals surface area contributed by atoms with Gasteiger partial charge in [-0.05, 0) is 29.3 Å². The van der Waals surface area contributed by atoms with Gasteiger partial charge in [-0.3, -0.25) is 0 Å². The van der Waals surface area contributed by atoms with Gasteiger partial charge in [0.15, 0.2) is 0 Å². The van der Waals surface area contributed by atoms with Gasteiger partial charge in [0.05, 0.1) is 7.11 Å². The van der Waals surface area contributed by atoms with Crippen molar-refractivity contribution in [3.05, 3.63) is 54.1 Å². The zero-order chi connectivity index (χ0) is 13.9. The van der Waals surface area contributed by atoms with Crippen molar-refractivity contribution in [3.63, 3.8) is 0 Å². The lowest BCUT2D eigenvalue weighted by Crippen LogP contribution is -1.86. The van der Waals surface area contributed by atoms with Crippen LogP contribution < -0.4 is 4.74 Å². The fraction of sp³-hybridized carbons (Fsp3) is 0.125. The summed E-state index contributed by atoms with van der Waals surface area (Å²) in [7, 11) is 1.51. The van der Waals surface area contributed by atoms with Gasteiger partial charge in [0.1, 0.15) is 0 Å². The number of methoxy groups -OCH3 is 1. The van der Waals surface area contributed by atoms with E-state index in [4.69, 9.17) is 9.26 Å². The fourth-order valence-electron chi connectivity index (χ4n) is 2.06. The Labute approximate surface area is 117 Å². The van der Waals surface area contributed by atoms with Crippen LogP contribution >= 0.6 is 0 Å². The van der Waals surface area contributed by atoms with E-state index in [-0.39, 0.29) is 6.01 Å². The highest BCUT2D eigenvalue weighted by Gasteiger charge is 2.13. The molecule has 0 bridgehead atoms. The first-order valence-corrected chi connectivity index (χ1v) is 6.32. The Kier molecular flexibility index (Phi) is 3.21. The summed E-state index contributed by atoms with van der Waals surface area (Å²) in [5.74, 6) is 0.457. The lowest BCUT2D eigenvalue weighted by Gasteiger charge is -2.06. The molecule has 0 fully saturated rings. The first-order valence-electron chi connectivity index (χ1n) is 6.32. The van der Waals surface area contributed by atoms with Crippen molar-refractivity contribution >= 4 is 0 Å². The molecule has 3 rings (SSSR count). The fourth-order valence-corrected chi connectivity index (χ4v) is 2.06. The van der Waals surface area contributed by atoms with Crippen molar-refractivity contribution in [2.45, 2.75) is 6.92 Å². The van der Waals surface area contributed by atoms with Gasteiger partial charge in [0.25, 0.3) is 5.89 Å². The van der Waals surface area contributed by atoms with Crippen LogP contribution in [0.2, 0.25) is 0 Å². The third-order valence-electron chi connectivity index (χ3n) is 3.11. The van der Waals surface area contributed by atoms with E-state index in [9.17, 15) is 0 Å². The number of benzene rings is 2. The minimum atomic E-state index is 0.235. The molecule has 0 aliphatic heterocycles. The van der Waals surface area contributed by atoms with Crippen LogP contribution in [0.25, 0.3) is 22.6 Å². The summed E-state index contributed by atoms with van der Waals surface area (Å²) in [6.07, 6.45) is 0. The summed E-state index contributed by atoms with van der Waals surface area (Å²) in [5.41, 5.74) is 4.29. The Morgan fingerprint density at radius 2 is 1.65 bits per heavy atom. The highest BCUT2D eigenvalue weighted by Crippen LogP contribution is 2.31. The second-order valence-electron chi connectivity index (χ2n) is 4.50. The van der Waals surface area contributed by atoms with Crippen LogP contribution in [-0.4, -0.2) is 17.3 Å². The predicted molar refractivity (Wildman–Crippen MR) is 76.5 cm³/mol. The summed E-state index contributed by atoms with van der Waals surface area (Å²) in [5, 5.41) is 3.75. The van der Waals surface area contributed by atoms with Crippen molar-refractivity contribution in [2.24, 2.45) is 0 Å². The molecule has 20 heavy (non-hydrogen) atoms. The first kappa shape index (κ1) is 12.4. The lowest BCUT2D eigenvalue weighted by molar-refractivity contribution is 0.339. The molecule has 0 amide bonds. The number of hydrogen-bond donors (Lipinski definition) is 0. The van der Waals surface area contributed by atoms with Crippen LogP contribution in [0.3, 0.4) is 0 Å². The molecule has 4 heteroatoms. The van der Waals surface area contributed by atoms with Gasteiger partial charge in [-0.15, -0.1) is 0 Å². The zero-order valence-corrected chi connectivity index (χ0v) is 11.3. The molecule has 0 unspecified atom stereocenters. The lowest BCUT2D eigenvalue weighted by atomic mass is 9.99. The normalized spacial score (nSPS) is 10.5. The van der Waals surface area contributed by atoms with E-state index in [1.165, 1.54) is 12.7 Å². The Hall–Kier alpha value is -2.62. The molecular weight excluding hydrogens is 252 g/mol. The maximum atomic E-state index is 5.24. The number of ether oxygens (including phenoxy) is 1. The molecule has 0 saturated heterocycles. The molecule has 1 heterocycles. The number of hydrogen-bond acceptors (Lipinski definition) is 4. The third kappa shape index (κ3) is 2.28. The molecule has 4 nitrogen and oxygen atoms in total. The molecule has 2 aromatic carbocycles. The Morgan fingerprint density at radius 3 is 2.30 bits per heavy atom. The molecule has 0 aliphatic rings. The van der Waals surface area contributed by atoms with E-state index in [0.29, 0.717) is 5.89 Å². The number of aromatic nitrogens is 2. The number of aryl methyl sites for hydroxylation is 1. The molecule has 0 atom stereocenters. The van der Waals surface area contributed by atoms with Crippen LogP contribution in [0.1, 0.15) is 5.56 Å². The molecule has 0 radical (unpaired) electrons. The van der Waals surface area contributed by atoms with Gasteiger partial charge in [0.2, 0.25) is 0 Å². The van der Waals surface area contributed by atoms with E-state index in [1.54, 1.807) is 0 Å². The van der Waals surface area contributed by atoms with Crippen molar-refractivity contribution in [1.82, 2.24) is 10.1 Å². The molecule has 0 N–H and O–H groups in total. The van der Waals surface area contributed by atoms with E-state index in [0.717, 1.165) is 16.7 Å². The summed E-state index contributed by atoms with van der Waals surface area (Å²) in [6.45, 7) is 2.07. The van der Waals surface area contributed by atoms with E-state index >= 15 is 0 Å². The average Bonchev–Trinajstić information content (AvgIpc) is 2.97. The van der Waals surface area contributed by atoms with Gasteiger partial charge < -0.3 is 9.26 Å². The largest absolute Gasteiger partial charge is 0.465 e. The van der Waals surface area contributed by atoms with Crippen molar-refractivity contribution in [2.75, 3.05) is 7.11 Å². The SMILES string of the molecule is COc1noc(-c2ccccc2-c2ccc(C)cc2)n1. The standard InChI is InChI=1S/C16H14N2O2/c1-11-7-9-12(10-8-11)13-5-3-4-6-14(13)15-17-16(19-2)18-20-15/h3-10H,1-2H3. The summed E-state index contributed by atoms with van der Waals surface area (Å²) in [6, 6.07) is 16.5. The predicted octanol–water partition coefficient (Wildman–Crippen LogP) is 3.72. The summed E-state index contributed by atoms with van der Waals surface area (Å²) in [4.78, 5) is 4.20. The minimum Gasteiger partial charge on any atom is -0.465 e. The van der Waals surface area contributed by atoms with Crippen molar-refractivity contribution in [3.8, 4) is 28.6 Å². The Balaban J connectivity index is 2.10. The molecule has 0 saturated carbocycles.